The summed E-state index contributed by atoms with van der Waals surface area (Å²) in [6.45, 7) is 2.11. The van der Waals surface area contributed by atoms with E-state index in [4.69, 9.17) is 9.47 Å². The van der Waals surface area contributed by atoms with Gasteiger partial charge in [0, 0.05) is 31.6 Å². The average molecular weight is 449 g/mol. The van der Waals surface area contributed by atoms with E-state index in [0.29, 0.717) is 18.9 Å². The fraction of sp³-hybridized carbons (Fsp3) is 0.360. The molecule has 1 aliphatic heterocycles. The van der Waals surface area contributed by atoms with Crippen LogP contribution >= 0.6 is 0 Å². The lowest BCUT2D eigenvalue weighted by Gasteiger charge is -2.32. The Balaban J connectivity index is 1.18. The van der Waals surface area contributed by atoms with E-state index >= 15 is 0 Å². The van der Waals surface area contributed by atoms with Crippen LogP contribution in [0.4, 0.5) is 0 Å². The van der Waals surface area contributed by atoms with Gasteiger partial charge in [0.05, 0.1) is 30.6 Å². The van der Waals surface area contributed by atoms with Gasteiger partial charge in [0.15, 0.2) is 0 Å². The minimum Gasteiger partial charge on any atom is -0.492 e. The number of H-pyrrole nitrogens is 1. The highest BCUT2D eigenvalue weighted by Crippen LogP contribution is 2.21. The van der Waals surface area contributed by atoms with Crippen molar-refractivity contribution in [1.29, 1.82) is 0 Å². The van der Waals surface area contributed by atoms with Crippen LogP contribution in [0, 0.1) is 5.92 Å². The Kier molecular flexibility index (Phi) is 7.68. The number of amides is 1. The van der Waals surface area contributed by atoms with E-state index in [1.807, 2.05) is 53.4 Å². The molecule has 33 heavy (non-hydrogen) atoms. The number of aromatic nitrogens is 3. The van der Waals surface area contributed by atoms with Crippen molar-refractivity contribution in [1.82, 2.24) is 20.1 Å². The molecule has 0 radical (unpaired) electrons. The van der Waals surface area contributed by atoms with Gasteiger partial charge in [-0.2, -0.15) is 5.10 Å². The molecule has 0 spiro atoms. The molecule has 172 valence electrons. The van der Waals surface area contributed by atoms with Crippen molar-refractivity contribution in [3.63, 3.8) is 0 Å². The summed E-state index contributed by atoms with van der Waals surface area (Å²) >= 11 is 0. The highest BCUT2D eigenvalue weighted by Gasteiger charge is 2.24. The van der Waals surface area contributed by atoms with E-state index in [9.17, 15) is 9.59 Å². The molecular weight excluding hydrogens is 420 g/mol. The lowest BCUT2D eigenvalue weighted by atomic mass is 9.98. The van der Waals surface area contributed by atoms with Crippen LogP contribution in [0.15, 0.2) is 60.9 Å². The van der Waals surface area contributed by atoms with E-state index in [1.54, 1.807) is 12.4 Å². The quantitative estimate of drug-likeness (QED) is 0.502. The van der Waals surface area contributed by atoms with Crippen molar-refractivity contribution < 1.29 is 19.1 Å². The maximum Gasteiger partial charge on any atom is 0.306 e. The normalized spacial score (nSPS) is 15.8. The molecular formula is C25H28N4O4. The second-order valence-corrected chi connectivity index (χ2v) is 8.15. The van der Waals surface area contributed by atoms with Crippen LogP contribution in [-0.4, -0.2) is 51.7 Å². The van der Waals surface area contributed by atoms with Gasteiger partial charge in [0.2, 0.25) is 5.91 Å². The molecule has 0 saturated carbocycles. The molecule has 3 heterocycles. The average Bonchev–Trinajstić information content (AvgIpc) is 3.41. The molecule has 0 unspecified atom stereocenters. The van der Waals surface area contributed by atoms with Crippen molar-refractivity contribution in [3.05, 3.63) is 66.5 Å². The molecule has 1 N–H and O–H groups in total. The number of ether oxygens (including phenoxy) is 2. The predicted octanol–water partition coefficient (Wildman–Crippen LogP) is 3.61. The number of hydrogen-bond acceptors (Lipinski definition) is 6. The Morgan fingerprint density at radius 3 is 2.73 bits per heavy atom. The second-order valence-electron chi connectivity index (χ2n) is 8.15. The summed E-state index contributed by atoms with van der Waals surface area (Å²) in [5, 5.41) is 6.81. The molecule has 1 amide bonds. The molecule has 1 atom stereocenters. The molecule has 8 heteroatoms. The summed E-state index contributed by atoms with van der Waals surface area (Å²) in [5.74, 6) is 0.583. The molecule has 1 fully saturated rings. The van der Waals surface area contributed by atoms with E-state index < -0.39 is 0 Å². The van der Waals surface area contributed by atoms with Crippen LogP contribution in [0.5, 0.6) is 5.75 Å². The third-order valence-electron chi connectivity index (χ3n) is 5.66. The number of piperidine rings is 1. The summed E-state index contributed by atoms with van der Waals surface area (Å²) in [6, 6.07) is 15.1. The number of nitrogens with zero attached hydrogens (tertiary/aromatic N) is 3. The summed E-state index contributed by atoms with van der Waals surface area (Å²) in [5.41, 5.74) is 2.59. The number of hydrogen-bond donors (Lipinski definition) is 1. The van der Waals surface area contributed by atoms with E-state index in [2.05, 4.69) is 15.2 Å². The topological polar surface area (TPSA) is 97.4 Å². The van der Waals surface area contributed by atoms with Gasteiger partial charge in [-0.3, -0.25) is 19.7 Å². The zero-order valence-electron chi connectivity index (χ0n) is 18.5. The predicted molar refractivity (Wildman–Crippen MR) is 122 cm³/mol. The highest BCUT2D eigenvalue weighted by atomic mass is 16.5. The molecule has 0 bridgehead atoms. The molecule has 0 aliphatic carbocycles. The maximum absolute atomic E-state index is 12.6. The van der Waals surface area contributed by atoms with Gasteiger partial charge in [0.25, 0.3) is 0 Å². The monoisotopic (exact) mass is 448 g/mol. The first-order chi connectivity index (χ1) is 16.2. The first-order valence-corrected chi connectivity index (χ1v) is 11.2. The number of benzene rings is 1. The zero-order chi connectivity index (χ0) is 22.9. The SMILES string of the molecule is O=C(CCC(=O)N1CCC[C@@H](COc2ccc(-c3ccn[nH]3)nc2)C1)OCc1ccccc1. The van der Waals surface area contributed by atoms with Crippen LogP contribution in [-0.2, 0) is 20.9 Å². The number of carbonyl (C=O) groups excluding carboxylic acids is 2. The summed E-state index contributed by atoms with van der Waals surface area (Å²) < 4.78 is 11.2. The summed E-state index contributed by atoms with van der Waals surface area (Å²) in [4.78, 5) is 30.8. The number of likely N-dealkylation sites (tertiary alicyclic amines) is 1. The highest BCUT2D eigenvalue weighted by molar-refractivity contribution is 5.81. The van der Waals surface area contributed by atoms with Crippen molar-refractivity contribution >= 4 is 11.9 Å². The Bertz CT molecular complexity index is 1020. The van der Waals surface area contributed by atoms with Crippen LogP contribution in [0.25, 0.3) is 11.4 Å². The molecule has 1 aromatic carbocycles. The van der Waals surface area contributed by atoms with Gasteiger partial charge in [-0.25, -0.2) is 0 Å². The Hall–Kier alpha value is -3.68. The van der Waals surface area contributed by atoms with Crippen LogP contribution in [0.3, 0.4) is 0 Å². The van der Waals surface area contributed by atoms with Crippen molar-refractivity contribution in [2.24, 2.45) is 5.92 Å². The third kappa shape index (κ3) is 6.65. The number of esters is 1. The van der Waals surface area contributed by atoms with Crippen LogP contribution in [0.1, 0.15) is 31.2 Å². The molecule has 1 aliphatic rings. The lowest BCUT2D eigenvalue weighted by molar-refractivity contribution is -0.147. The number of nitrogens with one attached hydrogen (secondary N) is 1. The van der Waals surface area contributed by atoms with Gasteiger partial charge in [-0.1, -0.05) is 30.3 Å². The molecule has 4 rings (SSSR count). The first-order valence-electron chi connectivity index (χ1n) is 11.2. The minimum atomic E-state index is -0.352. The zero-order valence-corrected chi connectivity index (χ0v) is 18.5. The first kappa shape index (κ1) is 22.5. The Labute approximate surface area is 192 Å². The van der Waals surface area contributed by atoms with Crippen molar-refractivity contribution in [3.8, 4) is 17.1 Å². The number of aromatic amines is 1. The van der Waals surface area contributed by atoms with Gasteiger partial charge in [0.1, 0.15) is 12.4 Å². The third-order valence-corrected chi connectivity index (χ3v) is 5.66. The largest absolute Gasteiger partial charge is 0.492 e. The smallest absolute Gasteiger partial charge is 0.306 e. The van der Waals surface area contributed by atoms with Gasteiger partial charge in [-0.05, 0) is 36.6 Å². The molecule has 8 nitrogen and oxygen atoms in total. The fourth-order valence-electron chi connectivity index (χ4n) is 3.84. The maximum atomic E-state index is 12.6. The van der Waals surface area contributed by atoms with E-state index in [1.165, 1.54) is 0 Å². The standard InChI is InChI=1S/C25H28N4O4/c30-24(10-11-25(31)33-17-19-5-2-1-3-6-19)29-14-4-7-20(16-29)18-32-21-8-9-22(26-15-21)23-12-13-27-28-23/h1-3,5-6,8-9,12-13,15,20H,4,7,10-11,14,16-18H2,(H,27,28)/t20-/m1/s1. The fourth-order valence-corrected chi connectivity index (χ4v) is 3.84. The lowest BCUT2D eigenvalue weighted by Crippen LogP contribution is -2.41. The summed E-state index contributed by atoms with van der Waals surface area (Å²) in [7, 11) is 0. The molecule has 2 aromatic heterocycles. The van der Waals surface area contributed by atoms with E-state index in [-0.39, 0.29) is 37.2 Å². The van der Waals surface area contributed by atoms with Gasteiger partial charge in [-0.15, -0.1) is 0 Å². The van der Waals surface area contributed by atoms with Gasteiger partial charge < -0.3 is 14.4 Å². The Morgan fingerprint density at radius 1 is 1.09 bits per heavy atom. The Morgan fingerprint density at radius 2 is 1.97 bits per heavy atom. The van der Waals surface area contributed by atoms with Crippen molar-refractivity contribution in [2.75, 3.05) is 19.7 Å². The summed E-state index contributed by atoms with van der Waals surface area (Å²) in [6.07, 6.45) is 5.57. The number of carbonyl (C=O) groups is 2. The van der Waals surface area contributed by atoms with Gasteiger partial charge >= 0.3 is 5.97 Å². The van der Waals surface area contributed by atoms with Crippen LogP contribution in [0.2, 0.25) is 0 Å². The van der Waals surface area contributed by atoms with Crippen molar-refractivity contribution in [2.45, 2.75) is 32.3 Å². The van der Waals surface area contributed by atoms with Crippen LogP contribution < -0.4 is 4.74 Å². The number of pyridine rings is 1. The number of rotatable bonds is 9. The minimum absolute atomic E-state index is 0.0121. The second kappa shape index (κ2) is 11.3. The molecule has 1 saturated heterocycles. The molecule has 3 aromatic rings. The van der Waals surface area contributed by atoms with E-state index in [0.717, 1.165) is 36.3 Å².